The Balaban J connectivity index is 1.97. The molecule has 1 aliphatic carbocycles. The van der Waals surface area contributed by atoms with Gasteiger partial charge < -0.3 is 15.2 Å². The third-order valence-electron chi connectivity index (χ3n) is 3.55. The monoisotopic (exact) mass is 289 g/mol. The summed E-state index contributed by atoms with van der Waals surface area (Å²) in [7, 11) is 0. The second-order valence-corrected chi connectivity index (χ2v) is 5.66. The van der Waals surface area contributed by atoms with Crippen LogP contribution in [0.25, 0.3) is 0 Å². The Morgan fingerprint density at radius 2 is 2.05 bits per heavy atom. The highest BCUT2D eigenvalue weighted by molar-refractivity contribution is 5.91. The minimum absolute atomic E-state index is 0.0480. The van der Waals surface area contributed by atoms with Crippen molar-refractivity contribution in [2.24, 2.45) is 0 Å². The first kappa shape index (κ1) is 15.4. The number of anilines is 1. The van der Waals surface area contributed by atoms with Crippen LogP contribution in [0.5, 0.6) is 5.75 Å². The number of ether oxygens (including phenoxy) is 2. The van der Waals surface area contributed by atoms with Crippen molar-refractivity contribution in [1.29, 1.82) is 0 Å². The number of hydrogen-bond donors (Lipinski definition) is 1. The van der Waals surface area contributed by atoms with Crippen molar-refractivity contribution >= 4 is 11.7 Å². The van der Waals surface area contributed by atoms with E-state index in [2.05, 4.69) is 6.58 Å². The number of hydrogen-bond acceptors (Lipinski definition) is 4. The van der Waals surface area contributed by atoms with Crippen molar-refractivity contribution in [3.63, 3.8) is 0 Å². The van der Waals surface area contributed by atoms with Crippen molar-refractivity contribution in [3.8, 4) is 5.75 Å². The normalized spacial score (nSPS) is 15.5. The van der Waals surface area contributed by atoms with Crippen LogP contribution in [0.3, 0.4) is 0 Å². The lowest BCUT2D eigenvalue weighted by Gasteiger charge is -2.22. The van der Waals surface area contributed by atoms with Crippen LogP contribution in [0.15, 0.2) is 30.4 Å². The molecular weight excluding hydrogens is 266 g/mol. The number of benzene rings is 1. The molecule has 4 heteroatoms. The van der Waals surface area contributed by atoms with E-state index in [0.717, 1.165) is 31.3 Å². The molecule has 1 fully saturated rings. The average molecular weight is 289 g/mol. The zero-order valence-corrected chi connectivity index (χ0v) is 12.6. The lowest BCUT2D eigenvalue weighted by molar-refractivity contribution is 0.0211. The van der Waals surface area contributed by atoms with Gasteiger partial charge in [0.15, 0.2) is 0 Å². The molecule has 0 aliphatic heterocycles. The molecule has 4 nitrogen and oxygen atoms in total. The van der Waals surface area contributed by atoms with E-state index in [9.17, 15) is 4.79 Å². The Morgan fingerprint density at radius 1 is 1.33 bits per heavy atom. The van der Waals surface area contributed by atoms with Gasteiger partial charge in [0.25, 0.3) is 0 Å². The molecule has 0 amide bonds. The van der Waals surface area contributed by atoms with Crippen LogP contribution in [-0.2, 0) is 4.74 Å². The molecule has 0 aromatic heterocycles. The zero-order chi connectivity index (χ0) is 15.2. The summed E-state index contributed by atoms with van der Waals surface area (Å²) in [6.45, 7) is 6.06. The van der Waals surface area contributed by atoms with E-state index in [-0.39, 0.29) is 12.1 Å². The van der Waals surface area contributed by atoms with Gasteiger partial charge in [-0.2, -0.15) is 0 Å². The molecule has 1 aromatic carbocycles. The molecule has 2 rings (SSSR count). The van der Waals surface area contributed by atoms with Gasteiger partial charge in [-0.1, -0.05) is 13.0 Å². The molecule has 1 saturated carbocycles. The van der Waals surface area contributed by atoms with Crippen LogP contribution in [0.1, 0.15) is 49.4 Å². The fourth-order valence-electron chi connectivity index (χ4n) is 2.41. The SMILES string of the molecule is C=C(C)COc1ccc(C(=O)OC2CCCCC2)cc1N. The Morgan fingerprint density at radius 3 is 2.67 bits per heavy atom. The van der Waals surface area contributed by atoms with Crippen molar-refractivity contribution in [1.82, 2.24) is 0 Å². The van der Waals surface area contributed by atoms with Crippen molar-refractivity contribution < 1.29 is 14.3 Å². The number of rotatable bonds is 5. The van der Waals surface area contributed by atoms with Gasteiger partial charge in [0.05, 0.1) is 11.3 Å². The van der Waals surface area contributed by atoms with E-state index in [4.69, 9.17) is 15.2 Å². The predicted molar refractivity (Wildman–Crippen MR) is 83.5 cm³/mol. The van der Waals surface area contributed by atoms with E-state index < -0.39 is 0 Å². The van der Waals surface area contributed by atoms with Gasteiger partial charge in [-0.3, -0.25) is 0 Å². The smallest absolute Gasteiger partial charge is 0.338 e. The molecule has 0 saturated heterocycles. The van der Waals surface area contributed by atoms with Crippen molar-refractivity contribution in [2.45, 2.75) is 45.1 Å². The fraction of sp³-hybridized carbons (Fsp3) is 0.471. The predicted octanol–water partition coefficient (Wildman–Crippen LogP) is 3.71. The summed E-state index contributed by atoms with van der Waals surface area (Å²) in [5, 5.41) is 0. The summed E-state index contributed by atoms with van der Waals surface area (Å²) in [6, 6.07) is 5.00. The first-order valence-corrected chi connectivity index (χ1v) is 7.44. The third kappa shape index (κ3) is 4.52. The topological polar surface area (TPSA) is 61.5 Å². The Hall–Kier alpha value is -1.97. The van der Waals surface area contributed by atoms with Crippen molar-refractivity contribution in [2.75, 3.05) is 12.3 Å². The standard InChI is InChI=1S/C17H23NO3/c1-12(2)11-20-16-9-8-13(10-15(16)18)17(19)21-14-6-4-3-5-7-14/h8-10,14H,1,3-7,11,18H2,2H3. The summed E-state index contributed by atoms with van der Waals surface area (Å²) < 4.78 is 11.0. The lowest BCUT2D eigenvalue weighted by atomic mass is 9.98. The van der Waals surface area contributed by atoms with Gasteiger partial charge in [-0.25, -0.2) is 4.79 Å². The molecule has 0 radical (unpaired) electrons. The van der Waals surface area contributed by atoms with Crippen LogP contribution >= 0.6 is 0 Å². The highest BCUT2D eigenvalue weighted by Crippen LogP contribution is 2.25. The van der Waals surface area contributed by atoms with E-state index in [1.165, 1.54) is 6.42 Å². The molecule has 2 N–H and O–H groups in total. The second-order valence-electron chi connectivity index (χ2n) is 5.66. The summed E-state index contributed by atoms with van der Waals surface area (Å²) in [6.07, 6.45) is 5.46. The molecule has 114 valence electrons. The number of carbonyl (C=O) groups is 1. The summed E-state index contributed by atoms with van der Waals surface area (Å²) in [4.78, 5) is 12.1. The van der Waals surface area contributed by atoms with Gasteiger partial charge in [-0.15, -0.1) is 0 Å². The zero-order valence-electron chi connectivity index (χ0n) is 12.6. The minimum atomic E-state index is -0.306. The van der Waals surface area contributed by atoms with Crippen molar-refractivity contribution in [3.05, 3.63) is 35.9 Å². The Bertz CT molecular complexity index is 519. The molecular formula is C17H23NO3. The molecule has 21 heavy (non-hydrogen) atoms. The van der Waals surface area contributed by atoms with Gasteiger partial charge in [0.2, 0.25) is 0 Å². The van der Waals surface area contributed by atoms with E-state index in [1.807, 2.05) is 6.92 Å². The van der Waals surface area contributed by atoms with E-state index >= 15 is 0 Å². The van der Waals surface area contributed by atoms with Crippen LogP contribution in [-0.4, -0.2) is 18.7 Å². The van der Waals surface area contributed by atoms with Crippen LogP contribution in [0.2, 0.25) is 0 Å². The van der Waals surface area contributed by atoms with Crippen LogP contribution in [0, 0.1) is 0 Å². The lowest BCUT2D eigenvalue weighted by Crippen LogP contribution is -2.21. The molecule has 0 unspecified atom stereocenters. The third-order valence-corrected chi connectivity index (χ3v) is 3.55. The largest absolute Gasteiger partial charge is 0.487 e. The number of esters is 1. The van der Waals surface area contributed by atoms with Gasteiger partial charge in [0.1, 0.15) is 18.5 Å². The maximum Gasteiger partial charge on any atom is 0.338 e. The number of nitrogen functional groups attached to an aromatic ring is 1. The summed E-state index contributed by atoms with van der Waals surface area (Å²) in [5.74, 6) is 0.257. The molecule has 0 spiro atoms. The Kier molecular flexibility index (Phi) is 5.26. The molecule has 0 heterocycles. The maximum atomic E-state index is 12.1. The minimum Gasteiger partial charge on any atom is -0.487 e. The molecule has 1 aromatic rings. The number of nitrogens with two attached hydrogens (primary N) is 1. The highest BCUT2D eigenvalue weighted by atomic mass is 16.5. The Labute approximate surface area is 125 Å². The quantitative estimate of drug-likeness (QED) is 0.510. The first-order chi connectivity index (χ1) is 10.1. The fourth-order valence-corrected chi connectivity index (χ4v) is 2.41. The summed E-state index contributed by atoms with van der Waals surface area (Å²) in [5.41, 5.74) is 7.74. The highest BCUT2D eigenvalue weighted by Gasteiger charge is 2.19. The second kappa shape index (κ2) is 7.16. The van der Waals surface area contributed by atoms with E-state index in [1.54, 1.807) is 18.2 Å². The van der Waals surface area contributed by atoms with Crippen LogP contribution in [0.4, 0.5) is 5.69 Å². The van der Waals surface area contributed by atoms with E-state index in [0.29, 0.717) is 23.6 Å². The van der Waals surface area contributed by atoms with Crippen LogP contribution < -0.4 is 10.5 Å². The van der Waals surface area contributed by atoms with Gasteiger partial charge in [0, 0.05) is 0 Å². The summed E-state index contributed by atoms with van der Waals surface area (Å²) >= 11 is 0. The first-order valence-electron chi connectivity index (χ1n) is 7.44. The van der Waals surface area contributed by atoms with Gasteiger partial charge >= 0.3 is 5.97 Å². The average Bonchev–Trinajstić information content (AvgIpc) is 2.46. The molecule has 0 bridgehead atoms. The van der Waals surface area contributed by atoms with Gasteiger partial charge in [-0.05, 0) is 56.4 Å². The molecule has 1 aliphatic rings. The number of carbonyl (C=O) groups excluding carboxylic acids is 1. The maximum absolute atomic E-state index is 12.1. The molecule has 0 atom stereocenters.